The van der Waals surface area contributed by atoms with Crippen molar-refractivity contribution in [1.82, 2.24) is 19.7 Å². The molecule has 48 heavy (non-hydrogen) atoms. The number of carbonyl (C=O) groups excluding carboxylic acids is 4. The van der Waals surface area contributed by atoms with Crippen molar-refractivity contribution in [3.8, 4) is 0 Å². The Bertz CT molecular complexity index is 1210. The second-order valence-electron chi connectivity index (χ2n) is 15.3. The maximum absolute atomic E-state index is 12.9. The van der Waals surface area contributed by atoms with Crippen LogP contribution >= 0.6 is 11.3 Å². The molecule has 2 atom stereocenters. The van der Waals surface area contributed by atoms with Gasteiger partial charge in [-0.25, -0.2) is 0 Å². The van der Waals surface area contributed by atoms with Gasteiger partial charge in [-0.05, 0) is 62.7 Å². The van der Waals surface area contributed by atoms with Crippen LogP contribution in [0.25, 0.3) is 0 Å². The average Bonchev–Trinajstić information content (AvgIpc) is 3.64. The van der Waals surface area contributed by atoms with Crippen LogP contribution in [-0.4, -0.2) is 108 Å². The maximum atomic E-state index is 12.9. The molecule has 5 fully saturated rings. The molecule has 1 aromatic heterocycles. The highest BCUT2D eigenvalue weighted by atomic mass is 32.1. The number of methoxy groups -OCH3 is 1. The maximum Gasteiger partial charge on any atom is 0.265 e. The number of ether oxygens (including phenoxy) is 1. The number of aliphatic hydroxyl groups excluding tert-OH is 1. The number of likely N-dealkylation sites (tertiary alicyclic amines) is 3. The van der Waals surface area contributed by atoms with Gasteiger partial charge in [-0.15, -0.1) is 11.3 Å². The molecule has 3 aliphatic heterocycles. The van der Waals surface area contributed by atoms with Crippen molar-refractivity contribution in [1.29, 1.82) is 0 Å². The van der Waals surface area contributed by atoms with Gasteiger partial charge in [0.2, 0.25) is 17.7 Å². The summed E-state index contributed by atoms with van der Waals surface area (Å²) in [5.74, 6) is 1.21. The second kappa shape index (κ2) is 17.4. The van der Waals surface area contributed by atoms with E-state index >= 15 is 0 Å². The van der Waals surface area contributed by atoms with E-state index in [4.69, 9.17) is 15.6 Å². The fraction of sp³-hybridized carbons (Fsp3) is 0.806. The summed E-state index contributed by atoms with van der Waals surface area (Å²) in [7, 11) is 1.73. The Morgan fingerprint density at radius 1 is 1.00 bits per heavy atom. The smallest absolute Gasteiger partial charge is 0.265 e. The Hall–Kier alpha value is -2.57. The largest absolute Gasteiger partial charge is 0.396 e. The van der Waals surface area contributed by atoms with Crippen LogP contribution in [0.4, 0.5) is 0 Å². The van der Waals surface area contributed by atoms with E-state index in [0.717, 1.165) is 45.4 Å². The summed E-state index contributed by atoms with van der Waals surface area (Å²) in [6.07, 6.45) is 14.3. The van der Waals surface area contributed by atoms with Gasteiger partial charge in [0.05, 0.1) is 24.2 Å². The predicted octanol–water partition coefficient (Wildman–Crippen LogP) is 4.44. The zero-order chi connectivity index (χ0) is 34.9. The first-order valence-corrected chi connectivity index (χ1v) is 19.0. The minimum absolute atomic E-state index is 0. The molecule has 1 spiro atoms. The van der Waals surface area contributed by atoms with E-state index in [1.54, 1.807) is 23.7 Å². The second-order valence-corrected chi connectivity index (χ2v) is 16.2. The van der Waals surface area contributed by atoms with E-state index in [1.165, 1.54) is 49.9 Å². The van der Waals surface area contributed by atoms with Gasteiger partial charge in [-0.3, -0.25) is 24.2 Å². The van der Waals surface area contributed by atoms with E-state index < -0.39 is 17.2 Å². The fourth-order valence-corrected chi connectivity index (χ4v) is 8.55. The standard InChI is InChI=1S/C18H24N4O3S.C11H21NO2.C7H14O.H2/c1-17(2,11-3-4-11)16(25)22-8-18(9-22)7-21(6-12(18)14(19)23)15(24)13-5-20-10-26-13;1-3-5-11(13)12-7-4-6-10(8-12)9-14-2;8-6-7-4-2-1-3-5-7;/h5,10-12H,3-4,6-9H2,1-2H3,(H2,19,23);10H,3-9H2,1-2H3;7-8H,1-6H2;1H/t12-;10-;;/m00../s1. The lowest BCUT2D eigenvalue weighted by atomic mass is 9.70. The molecule has 11 nitrogen and oxygen atoms in total. The zero-order valence-corrected chi connectivity index (χ0v) is 30.5. The highest BCUT2D eigenvalue weighted by Gasteiger charge is 2.60. The molecule has 0 aromatic carbocycles. The molecular weight excluding hydrogens is 630 g/mol. The lowest BCUT2D eigenvalue weighted by molar-refractivity contribution is -0.158. The van der Waals surface area contributed by atoms with Gasteiger partial charge in [0.1, 0.15) is 4.88 Å². The monoisotopic (exact) mass is 691 g/mol. The summed E-state index contributed by atoms with van der Waals surface area (Å²) in [6.45, 7) is 10.9. The van der Waals surface area contributed by atoms with Crippen LogP contribution in [0.15, 0.2) is 11.7 Å². The molecule has 5 aliphatic rings. The van der Waals surface area contributed by atoms with Crippen LogP contribution in [0.2, 0.25) is 0 Å². The molecule has 0 radical (unpaired) electrons. The number of aliphatic hydroxyl groups is 1. The normalized spacial score (nSPS) is 23.8. The van der Waals surface area contributed by atoms with E-state index in [0.29, 0.717) is 67.7 Å². The van der Waals surface area contributed by atoms with Crippen molar-refractivity contribution in [2.75, 3.05) is 59.6 Å². The van der Waals surface area contributed by atoms with Crippen molar-refractivity contribution in [3.05, 3.63) is 16.6 Å². The first kappa shape index (κ1) is 38.2. The lowest BCUT2D eigenvalue weighted by Gasteiger charge is -2.52. The third-order valence-corrected chi connectivity index (χ3v) is 11.9. The van der Waals surface area contributed by atoms with Gasteiger partial charge < -0.3 is 30.3 Å². The molecule has 2 saturated carbocycles. The van der Waals surface area contributed by atoms with E-state index in [1.807, 2.05) is 23.6 Å². The molecule has 4 amide bonds. The fourth-order valence-electron chi connectivity index (χ4n) is 7.96. The van der Waals surface area contributed by atoms with Crippen molar-refractivity contribution in [3.63, 3.8) is 0 Å². The Balaban J connectivity index is 0.000000237. The van der Waals surface area contributed by atoms with Crippen LogP contribution in [-0.2, 0) is 19.1 Å². The molecular formula is C36H61N5O6S. The molecule has 6 rings (SSSR count). The Morgan fingerprint density at radius 2 is 1.67 bits per heavy atom. The predicted molar refractivity (Wildman–Crippen MR) is 188 cm³/mol. The number of amides is 4. The SMILES string of the molecule is CC(C)(C(=O)N1CC2(CN(C(=O)c3cncs3)C[C@H]2C(N)=O)C1)C1CC1.CCCC(=O)N1CCC[C@H](COC)C1.OCC1CCCCC1.[HH]. The molecule has 4 heterocycles. The number of aromatic nitrogens is 1. The molecule has 3 N–H and O–H groups in total. The third-order valence-electron chi connectivity index (χ3n) is 11.1. The average molecular weight is 692 g/mol. The molecule has 3 saturated heterocycles. The third kappa shape index (κ3) is 9.56. The number of carbonyl (C=O) groups is 4. The number of nitrogens with two attached hydrogens (primary N) is 1. The highest BCUT2D eigenvalue weighted by Crippen LogP contribution is 2.50. The van der Waals surface area contributed by atoms with Crippen LogP contribution in [0, 0.1) is 34.5 Å². The lowest BCUT2D eigenvalue weighted by Crippen LogP contribution is -2.65. The number of hydrogen-bond acceptors (Lipinski definition) is 8. The zero-order valence-electron chi connectivity index (χ0n) is 29.7. The van der Waals surface area contributed by atoms with Crippen molar-refractivity contribution < 1.29 is 30.4 Å². The van der Waals surface area contributed by atoms with Gasteiger partial charge in [0, 0.05) is 71.7 Å². The molecule has 1 aromatic rings. The quantitative estimate of drug-likeness (QED) is 0.389. The van der Waals surface area contributed by atoms with E-state index in [2.05, 4.69) is 11.9 Å². The Kier molecular flexibility index (Phi) is 13.8. The molecule has 12 heteroatoms. The Morgan fingerprint density at radius 3 is 2.21 bits per heavy atom. The summed E-state index contributed by atoms with van der Waals surface area (Å²) < 4.78 is 5.13. The Labute approximate surface area is 292 Å². The first-order chi connectivity index (χ1) is 22.9. The van der Waals surface area contributed by atoms with Crippen LogP contribution in [0.1, 0.15) is 102 Å². The highest BCUT2D eigenvalue weighted by molar-refractivity contribution is 7.11. The number of nitrogens with zero attached hydrogens (tertiary/aromatic N) is 4. The minimum Gasteiger partial charge on any atom is -0.396 e. The first-order valence-electron chi connectivity index (χ1n) is 18.1. The number of piperidine rings is 1. The van der Waals surface area contributed by atoms with Crippen molar-refractivity contribution in [2.45, 2.75) is 91.4 Å². The van der Waals surface area contributed by atoms with Crippen LogP contribution in [0.3, 0.4) is 0 Å². The van der Waals surface area contributed by atoms with Gasteiger partial charge in [-0.1, -0.05) is 40.0 Å². The number of hydrogen-bond donors (Lipinski definition) is 2. The van der Waals surface area contributed by atoms with Crippen molar-refractivity contribution in [2.24, 2.45) is 40.2 Å². The summed E-state index contributed by atoms with van der Waals surface area (Å²) >= 11 is 1.29. The topological polar surface area (TPSA) is 146 Å². The van der Waals surface area contributed by atoms with Gasteiger partial charge in [-0.2, -0.15) is 0 Å². The molecule has 272 valence electrons. The number of rotatable bonds is 9. The summed E-state index contributed by atoms with van der Waals surface area (Å²) in [4.78, 5) is 59.2. The molecule has 0 bridgehead atoms. The van der Waals surface area contributed by atoms with E-state index in [9.17, 15) is 19.2 Å². The number of thiazole rings is 1. The van der Waals surface area contributed by atoms with Gasteiger partial charge >= 0.3 is 0 Å². The molecule has 0 unspecified atom stereocenters. The van der Waals surface area contributed by atoms with Crippen molar-refractivity contribution >= 4 is 35.0 Å². The van der Waals surface area contributed by atoms with Gasteiger partial charge in [0.15, 0.2) is 0 Å². The van der Waals surface area contributed by atoms with Crippen LogP contribution < -0.4 is 5.73 Å². The number of primary amides is 1. The molecule has 2 aliphatic carbocycles. The summed E-state index contributed by atoms with van der Waals surface area (Å²) in [5.41, 5.74) is 6.51. The minimum atomic E-state index is -0.410. The summed E-state index contributed by atoms with van der Waals surface area (Å²) in [6, 6.07) is 0. The van der Waals surface area contributed by atoms with Gasteiger partial charge in [0.25, 0.3) is 5.91 Å². The van der Waals surface area contributed by atoms with Crippen LogP contribution in [0.5, 0.6) is 0 Å². The van der Waals surface area contributed by atoms with E-state index in [-0.39, 0.29) is 18.7 Å². The summed E-state index contributed by atoms with van der Waals surface area (Å²) in [5, 5.41) is 8.69.